The number of piperidine rings is 1. The van der Waals surface area contributed by atoms with Crippen molar-refractivity contribution in [2.75, 3.05) is 5.32 Å². The summed E-state index contributed by atoms with van der Waals surface area (Å²) in [5, 5.41) is 5.30. The summed E-state index contributed by atoms with van der Waals surface area (Å²) in [5.41, 5.74) is 2.33. The highest BCUT2D eigenvalue weighted by Gasteiger charge is 2.45. The number of carbonyl (C=O) groups is 2. The Morgan fingerprint density at radius 3 is 2.71 bits per heavy atom. The number of anilines is 1. The van der Waals surface area contributed by atoms with Gasteiger partial charge in [0.05, 0.1) is 5.69 Å². The predicted molar refractivity (Wildman–Crippen MR) is 82.4 cm³/mol. The lowest BCUT2D eigenvalue weighted by Gasteiger charge is -2.29. The smallest absolute Gasteiger partial charge is 0.359 e. The molecular formula is C16H16F3N3O2. The van der Waals surface area contributed by atoms with Crippen molar-refractivity contribution in [3.05, 3.63) is 30.0 Å². The summed E-state index contributed by atoms with van der Waals surface area (Å²) in [6.07, 6.45) is -3.34. The van der Waals surface area contributed by atoms with E-state index in [1.165, 1.54) is 0 Å². The summed E-state index contributed by atoms with van der Waals surface area (Å²) in [7, 11) is 0. The van der Waals surface area contributed by atoms with Crippen LogP contribution in [0.3, 0.4) is 0 Å². The van der Waals surface area contributed by atoms with E-state index in [9.17, 15) is 22.8 Å². The number of aryl methyl sites for hydroxylation is 1. The van der Waals surface area contributed by atoms with Gasteiger partial charge in [-0.2, -0.15) is 13.2 Å². The van der Waals surface area contributed by atoms with Crippen molar-refractivity contribution in [3.63, 3.8) is 0 Å². The lowest BCUT2D eigenvalue weighted by atomic mass is 9.92. The molecule has 3 rings (SSSR count). The van der Waals surface area contributed by atoms with E-state index in [1.807, 2.05) is 30.4 Å². The van der Waals surface area contributed by atoms with E-state index < -0.39 is 30.0 Å². The number of hydrogen-bond donors (Lipinski definition) is 3. The van der Waals surface area contributed by atoms with E-state index in [0.717, 1.165) is 16.5 Å². The first-order chi connectivity index (χ1) is 11.3. The molecule has 2 unspecified atom stereocenters. The number of amides is 2. The van der Waals surface area contributed by atoms with E-state index in [1.54, 1.807) is 6.20 Å². The average Bonchev–Trinajstić information content (AvgIpc) is 2.88. The molecule has 2 atom stereocenters. The standard InChI is InChI=1S/C16H16F3N3O2/c1-8-2-4-11-10(6-8)12(7-20-11)21-14(23)9-3-5-13(16(17,18)19)22-15(9)24/h2,4,6-7,9,13,20H,3,5H2,1H3,(H,21,23)(H,22,24). The van der Waals surface area contributed by atoms with Crippen LogP contribution < -0.4 is 10.6 Å². The average molecular weight is 339 g/mol. The fourth-order valence-electron chi connectivity index (χ4n) is 2.86. The predicted octanol–water partition coefficient (Wildman–Crippen LogP) is 2.87. The van der Waals surface area contributed by atoms with E-state index in [4.69, 9.17) is 0 Å². The maximum absolute atomic E-state index is 12.6. The van der Waals surface area contributed by atoms with E-state index in [2.05, 4.69) is 10.3 Å². The number of alkyl halides is 3. The number of halogens is 3. The molecule has 0 bridgehead atoms. The zero-order valence-electron chi connectivity index (χ0n) is 12.8. The number of carbonyl (C=O) groups excluding carboxylic acids is 2. The fourth-order valence-corrected chi connectivity index (χ4v) is 2.86. The van der Waals surface area contributed by atoms with Crippen molar-refractivity contribution in [3.8, 4) is 0 Å². The van der Waals surface area contributed by atoms with Gasteiger partial charge in [-0.3, -0.25) is 9.59 Å². The van der Waals surface area contributed by atoms with Crippen molar-refractivity contribution in [1.29, 1.82) is 0 Å². The summed E-state index contributed by atoms with van der Waals surface area (Å²) in [6.45, 7) is 1.91. The molecule has 0 saturated carbocycles. The third kappa shape index (κ3) is 3.08. The number of aromatic amines is 1. The molecule has 1 saturated heterocycles. The van der Waals surface area contributed by atoms with Crippen LogP contribution in [0.1, 0.15) is 18.4 Å². The Kier molecular flexibility index (Phi) is 3.98. The highest BCUT2D eigenvalue weighted by Crippen LogP contribution is 2.30. The van der Waals surface area contributed by atoms with Crippen molar-refractivity contribution < 1.29 is 22.8 Å². The zero-order chi connectivity index (χ0) is 17.5. The zero-order valence-corrected chi connectivity index (χ0v) is 12.8. The molecule has 2 aromatic rings. The van der Waals surface area contributed by atoms with Crippen molar-refractivity contribution >= 4 is 28.4 Å². The lowest BCUT2D eigenvalue weighted by Crippen LogP contribution is -2.53. The maximum Gasteiger partial charge on any atom is 0.408 e. The summed E-state index contributed by atoms with van der Waals surface area (Å²) in [5.74, 6) is -2.62. The van der Waals surface area contributed by atoms with Gasteiger partial charge in [0, 0.05) is 17.1 Å². The molecule has 24 heavy (non-hydrogen) atoms. The molecule has 0 radical (unpaired) electrons. The van der Waals surface area contributed by atoms with Gasteiger partial charge in [-0.15, -0.1) is 0 Å². The first-order valence-corrected chi connectivity index (χ1v) is 7.51. The van der Waals surface area contributed by atoms with Gasteiger partial charge in [0.1, 0.15) is 12.0 Å². The van der Waals surface area contributed by atoms with Gasteiger partial charge in [0.2, 0.25) is 11.8 Å². The van der Waals surface area contributed by atoms with Gasteiger partial charge in [-0.1, -0.05) is 11.6 Å². The van der Waals surface area contributed by atoms with Crippen LogP contribution in [0.5, 0.6) is 0 Å². The van der Waals surface area contributed by atoms with Gasteiger partial charge in [0.25, 0.3) is 0 Å². The molecule has 2 amide bonds. The minimum Gasteiger partial charge on any atom is -0.359 e. The number of hydrogen-bond acceptors (Lipinski definition) is 2. The quantitative estimate of drug-likeness (QED) is 0.736. The molecule has 1 aromatic heterocycles. The Balaban J connectivity index is 1.73. The van der Waals surface area contributed by atoms with E-state index in [0.29, 0.717) is 5.69 Å². The SMILES string of the molecule is Cc1ccc2[nH]cc(NC(=O)C3CCC(C(F)(F)F)NC3=O)c2c1. The summed E-state index contributed by atoms with van der Waals surface area (Å²) in [6, 6.07) is 3.77. The van der Waals surface area contributed by atoms with Crippen LogP contribution in [-0.2, 0) is 9.59 Å². The Hall–Kier alpha value is -2.51. The summed E-state index contributed by atoms with van der Waals surface area (Å²) in [4.78, 5) is 27.2. The second-order valence-corrected chi connectivity index (χ2v) is 5.97. The molecule has 2 heterocycles. The van der Waals surface area contributed by atoms with Crippen LogP contribution >= 0.6 is 0 Å². The van der Waals surface area contributed by atoms with Crippen molar-refractivity contribution in [2.45, 2.75) is 32.0 Å². The molecule has 128 valence electrons. The van der Waals surface area contributed by atoms with Gasteiger partial charge >= 0.3 is 6.18 Å². The van der Waals surface area contributed by atoms with Gasteiger partial charge < -0.3 is 15.6 Å². The Labute approximate surface area is 135 Å². The normalized spacial score (nSPS) is 21.6. The van der Waals surface area contributed by atoms with Gasteiger partial charge in [-0.25, -0.2) is 0 Å². The van der Waals surface area contributed by atoms with Crippen LogP contribution in [0.2, 0.25) is 0 Å². The van der Waals surface area contributed by atoms with E-state index >= 15 is 0 Å². The molecule has 1 fully saturated rings. The molecule has 3 N–H and O–H groups in total. The van der Waals surface area contributed by atoms with Crippen LogP contribution in [0.4, 0.5) is 18.9 Å². The molecule has 1 aliphatic heterocycles. The third-order valence-corrected chi connectivity index (χ3v) is 4.18. The van der Waals surface area contributed by atoms with E-state index in [-0.39, 0.29) is 12.8 Å². The highest BCUT2D eigenvalue weighted by molar-refractivity contribution is 6.10. The number of nitrogens with one attached hydrogen (secondary N) is 3. The third-order valence-electron chi connectivity index (χ3n) is 4.18. The molecule has 0 aliphatic carbocycles. The summed E-state index contributed by atoms with van der Waals surface area (Å²) >= 11 is 0. The lowest BCUT2D eigenvalue weighted by molar-refractivity contribution is -0.170. The highest BCUT2D eigenvalue weighted by atomic mass is 19.4. The first-order valence-electron chi connectivity index (χ1n) is 7.51. The number of aromatic nitrogens is 1. The second-order valence-electron chi connectivity index (χ2n) is 5.97. The molecule has 1 aliphatic rings. The molecule has 5 nitrogen and oxygen atoms in total. The minimum absolute atomic E-state index is 0.136. The molecule has 1 aromatic carbocycles. The first kappa shape index (κ1) is 16.4. The van der Waals surface area contributed by atoms with Crippen molar-refractivity contribution in [2.24, 2.45) is 5.92 Å². The number of benzene rings is 1. The van der Waals surface area contributed by atoms with Gasteiger partial charge in [0.15, 0.2) is 0 Å². The van der Waals surface area contributed by atoms with Crippen LogP contribution in [0, 0.1) is 12.8 Å². The Morgan fingerprint density at radius 1 is 1.29 bits per heavy atom. The molecule has 8 heteroatoms. The van der Waals surface area contributed by atoms with Crippen LogP contribution in [0.25, 0.3) is 10.9 Å². The van der Waals surface area contributed by atoms with Crippen molar-refractivity contribution in [1.82, 2.24) is 10.3 Å². The second kappa shape index (κ2) is 5.85. The van der Waals surface area contributed by atoms with Crippen LogP contribution in [-0.4, -0.2) is 29.0 Å². The Bertz CT molecular complexity index is 797. The van der Waals surface area contributed by atoms with Crippen LogP contribution in [0.15, 0.2) is 24.4 Å². The number of rotatable bonds is 2. The minimum atomic E-state index is -4.49. The molecule has 0 spiro atoms. The molecular weight excluding hydrogens is 323 g/mol. The topological polar surface area (TPSA) is 74.0 Å². The number of fused-ring (bicyclic) bond motifs is 1. The Morgan fingerprint density at radius 2 is 2.04 bits per heavy atom. The largest absolute Gasteiger partial charge is 0.408 e. The number of H-pyrrole nitrogens is 1. The fraction of sp³-hybridized carbons (Fsp3) is 0.375. The summed E-state index contributed by atoms with van der Waals surface area (Å²) < 4.78 is 37.9. The van der Waals surface area contributed by atoms with Gasteiger partial charge in [-0.05, 0) is 31.9 Å². The maximum atomic E-state index is 12.6. The monoisotopic (exact) mass is 339 g/mol.